The molecule has 0 aromatic heterocycles. The first kappa shape index (κ1) is 10.8. The largest absolute Gasteiger partial charge is 0.328 e. The zero-order valence-corrected chi connectivity index (χ0v) is 6.60. The van der Waals surface area contributed by atoms with Crippen LogP contribution in [0.5, 0.6) is 0 Å². The zero-order chi connectivity index (χ0) is 9.56. The third-order valence-corrected chi connectivity index (χ3v) is 1.60. The molecule has 0 spiro atoms. The number of nitrogens with zero attached hydrogens (tertiary/aromatic N) is 1. The van der Waals surface area contributed by atoms with Crippen molar-refractivity contribution in [3.63, 3.8) is 0 Å². The van der Waals surface area contributed by atoms with Crippen LogP contribution in [-0.2, 0) is 4.79 Å². The highest BCUT2D eigenvalue weighted by molar-refractivity contribution is 5.84. The first-order chi connectivity index (χ1) is 5.54. The first-order valence-corrected chi connectivity index (χ1v) is 3.65. The van der Waals surface area contributed by atoms with Crippen molar-refractivity contribution in [1.29, 1.82) is 0 Å². The molecule has 12 heavy (non-hydrogen) atoms. The van der Waals surface area contributed by atoms with Crippen molar-refractivity contribution in [2.45, 2.75) is 31.7 Å². The molecule has 70 valence electrons. The van der Waals surface area contributed by atoms with Crippen LogP contribution in [0.2, 0.25) is 0 Å². The minimum Gasteiger partial charge on any atom is -0.328 e. The molecule has 1 aliphatic rings. The van der Waals surface area contributed by atoms with Gasteiger partial charge in [0.2, 0.25) is 0 Å². The summed E-state index contributed by atoms with van der Waals surface area (Å²) in [6.07, 6.45) is 3.79. The van der Waals surface area contributed by atoms with Gasteiger partial charge in [0, 0.05) is 6.42 Å². The molecule has 0 radical (unpaired) electrons. The van der Waals surface area contributed by atoms with Crippen molar-refractivity contribution >= 4 is 5.78 Å². The molecule has 1 fully saturated rings. The molecule has 1 saturated carbocycles. The smallest absolute Gasteiger partial charge is 0.291 e. The summed E-state index contributed by atoms with van der Waals surface area (Å²) in [5.74, 6) is 0.247. The number of carbonyl (C=O) groups is 1. The van der Waals surface area contributed by atoms with Crippen LogP contribution >= 0.6 is 0 Å². The van der Waals surface area contributed by atoms with E-state index < -0.39 is 5.09 Å². The molecule has 0 aromatic carbocycles. The Labute approximate surface area is 69.5 Å². The molecule has 0 aromatic rings. The Morgan fingerprint density at radius 1 is 1.58 bits per heavy atom. The summed E-state index contributed by atoms with van der Waals surface area (Å²) in [5.41, 5.74) is 5.43. The normalized spacial score (nSPS) is 22.4. The molecule has 1 aliphatic carbocycles. The molecule has 1 unspecified atom stereocenters. The number of nitrogens with two attached hydrogens (primary N) is 1. The quantitative estimate of drug-likeness (QED) is 0.402. The molecule has 0 aliphatic heterocycles. The number of rotatable bonds is 0. The molecule has 0 heterocycles. The Kier molecular flexibility index (Phi) is 4.94. The lowest BCUT2D eigenvalue weighted by molar-refractivity contribution is -0.742. The van der Waals surface area contributed by atoms with Gasteiger partial charge in [-0.25, -0.2) is 0 Å². The SMILES string of the molecule is NC1CCCCC1=O.O=[N+]([O-])O. The van der Waals surface area contributed by atoms with Crippen LogP contribution in [0, 0.1) is 10.1 Å². The number of carbonyl (C=O) groups excluding carboxylic acids is 1. The van der Waals surface area contributed by atoms with Crippen LogP contribution in [0.1, 0.15) is 25.7 Å². The Morgan fingerprint density at radius 2 is 2.08 bits per heavy atom. The topological polar surface area (TPSA) is 106 Å². The van der Waals surface area contributed by atoms with Gasteiger partial charge in [-0.05, 0) is 12.8 Å². The van der Waals surface area contributed by atoms with Crippen LogP contribution in [0.25, 0.3) is 0 Å². The van der Waals surface area contributed by atoms with Crippen molar-refractivity contribution in [2.24, 2.45) is 5.73 Å². The lowest BCUT2D eigenvalue weighted by Gasteiger charge is -2.14. The van der Waals surface area contributed by atoms with E-state index in [1.807, 2.05) is 0 Å². The van der Waals surface area contributed by atoms with Gasteiger partial charge in [0.25, 0.3) is 5.09 Å². The van der Waals surface area contributed by atoms with E-state index >= 15 is 0 Å². The van der Waals surface area contributed by atoms with Crippen LogP contribution in [0.3, 0.4) is 0 Å². The van der Waals surface area contributed by atoms with E-state index in [0.29, 0.717) is 6.42 Å². The van der Waals surface area contributed by atoms with Crippen LogP contribution in [0.15, 0.2) is 0 Å². The molecule has 6 heteroatoms. The van der Waals surface area contributed by atoms with Crippen molar-refractivity contribution in [2.75, 3.05) is 0 Å². The third kappa shape index (κ3) is 5.60. The molecular weight excluding hydrogens is 164 g/mol. The first-order valence-electron chi connectivity index (χ1n) is 3.65. The fourth-order valence-corrected chi connectivity index (χ4v) is 1.01. The summed E-state index contributed by atoms with van der Waals surface area (Å²) in [4.78, 5) is 19.0. The highest BCUT2D eigenvalue weighted by Crippen LogP contribution is 2.11. The van der Waals surface area contributed by atoms with Crippen molar-refractivity contribution in [3.05, 3.63) is 10.1 Å². The summed E-state index contributed by atoms with van der Waals surface area (Å²) in [6, 6.07) is -0.135. The van der Waals surface area contributed by atoms with E-state index in [9.17, 15) is 4.79 Å². The van der Waals surface area contributed by atoms with Gasteiger partial charge in [0.1, 0.15) is 5.78 Å². The summed E-state index contributed by atoms with van der Waals surface area (Å²) in [5, 5.41) is 13.6. The van der Waals surface area contributed by atoms with E-state index in [1.54, 1.807) is 0 Å². The third-order valence-electron chi connectivity index (χ3n) is 1.60. The van der Waals surface area contributed by atoms with Gasteiger partial charge in [0.15, 0.2) is 0 Å². The molecular formula is C6H12N2O4. The summed E-state index contributed by atoms with van der Waals surface area (Å²) in [6.45, 7) is 0. The number of hydrogen-bond acceptors (Lipinski definition) is 4. The van der Waals surface area contributed by atoms with Gasteiger partial charge >= 0.3 is 0 Å². The average Bonchev–Trinajstić information content (AvgIpc) is 1.94. The van der Waals surface area contributed by atoms with Crippen molar-refractivity contribution in [1.82, 2.24) is 0 Å². The molecule has 0 bridgehead atoms. The number of ketones is 1. The fraction of sp³-hybridized carbons (Fsp3) is 0.833. The summed E-state index contributed by atoms with van der Waals surface area (Å²) >= 11 is 0. The second-order valence-electron chi connectivity index (χ2n) is 2.56. The average molecular weight is 176 g/mol. The van der Waals surface area contributed by atoms with Crippen molar-refractivity contribution < 1.29 is 15.1 Å². The molecule has 1 atom stereocenters. The maximum absolute atomic E-state index is 10.7. The van der Waals surface area contributed by atoms with E-state index in [4.69, 9.17) is 21.1 Å². The minimum absolute atomic E-state index is 0.135. The van der Waals surface area contributed by atoms with Crippen LogP contribution in [0.4, 0.5) is 0 Å². The summed E-state index contributed by atoms with van der Waals surface area (Å²) < 4.78 is 0. The standard InChI is InChI=1S/C6H11NO.HNO3/c7-5-3-1-2-4-6(5)8;2-1(3)4/h5H,1-4,7H2;(H,2,3,4). The van der Waals surface area contributed by atoms with Crippen molar-refractivity contribution in [3.8, 4) is 0 Å². The van der Waals surface area contributed by atoms with Gasteiger partial charge < -0.3 is 10.9 Å². The lowest BCUT2D eigenvalue weighted by atomic mass is 9.95. The van der Waals surface area contributed by atoms with Crippen LogP contribution < -0.4 is 5.73 Å². The maximum Gasteiger partial charge on any atom is 0.291 e. The van der Waals surface area contributed by atoms with E-state index in [1.165, 1.54) is 0 Å². The Morgan fingerprint density at radius 3 is 2.33 bits per heavy atom. The predicted octanol–water partition coefficient (Wildman–Crippen LogP) is 0.109. The molecule has 6 nitrogen and oxygen atoms in total. The van der Waals surface area contributed by atoms with Gasteiger partial charge in [-0.1, -0.05) is 6.42 Å². The Hall–Kier alpha value is -1.17. The fourth-order valence-electron chi connectivity index (χ4n) is 1.01. The van der Waals surface area contributed by atoms with E-state index in [2.05, 4.69) is 0 Å². The summed E-state index contributed by atoms with van der Waals surface area (Å²) in [7, 11) is 0. The molecule has 0 amide bonds. The predicted molar refractivity (Wildman–Crippen MR) is 40.2 cm³/mol. The highest BCUT2D eigenvalue weighted by Gasteiger charge is 2.16. The van der Waals surface area contributed by atoms with Gasteiger partial charge in [-0.15, -0.1) is 10.1 Å². The van der Waals surface area contributed by atoms with Gasteiger partial charge in [0.05, 0.1) is 6.04 Å². The number of Topliss-reactive ketones (excluding diaryl/α,β-unsaturated/α-hetero) is 1. The number of hydrogen-bond donors (Lipinski definition) is 2. The van der Waals surface area contributed by atoms with E-state index in [-0.39, 0.29) is 11.8 Å². The second-order valence-corrected chi connectivity index (χ2v) is 2.56. The van der Waals surface area contributed by atoms with Gasteiger partial charge in [-0.2, -0.15) is 0 Å². The maximum atomic E-state index is 10.7. The molecule has 0 saturated heterocycles. The van der Waals surface area contributed by atoms with E-state index in [0.717, 1.165) is 19.3 Å². The zero-order valence-electron chi connectivity index (χ0n) is 6.60. The Balaban J connectivity index is 0.000000261. The second kappa shape index (κ2) is 5.48. The lowest BCUT2D eigenvalue weighted by Crippen LogP contribution is -2.32. The monoisotopic (exact) mass is 176 g/mol. The Bertz CT molecular complexity index is 167. The highest BCUT2D eigenvalue weighted by atomic mass is 16.9. The van der Waals surface area contributed by atoms with Gasteiger partial charge in [-0.3, -0.25) is 4.79 Å². The molecule has 1 rings (SSSR count). The molecule has 3 N–H and O–H groups in total. The minimum atomic E-state index is -1.50. The van der Waals surface area contributed by atoms with Crippen LogP contribution in [-0.4, -0.2) is 22.1 Å².